The van der Waals surface area contributed by atoms with Crippen molar-refractivity contribution in [2.45, 2.75) is 60.8 Å². The predicted molar refractivity (Wildman–Crippen MR) is 68.9 cm³/mol. The van der Waals surface area contributed by atoms with E-state index < -0.39 is 0 Å². The van der Waals surface area contributed by atoms with E-state index in [0.717, 1.165) is 11.8 Å². The third-order valence-corrected chi connectivity index (χ3v) is 4.83. The van der Waals surface area contributed by atoms with Crippen molar-refractivity contribution in [1.82, 2.24) is 0 Å². The van der Waals surface area contributed by atoms with Gasteiger partial charge in [0.2, 0.25) is 0 Å². The van der Waals surface area contributed by atoms with E-state index in [1.54, 1.807) is 0 Å². The summed E-state index contributed by atoms with van der Waals surface area (Å²) in [6.45, 7) is 14.2. The minimum atomic E-state index is 0.377. The fraction of sp³-hybridized carbons (Fsp3) is 0.867. The second kappa shape index (κ2) is 4.31. The molecule has 0 spiro atoms. The molecule has 0 N–H and O–H groups in total. The van der Waals surface area contributed by atoms with E-state index in [2.05, 4.69) is 53.7 Å². The van der Waals surface area contributed by atoms with E-state index in [9.17, 15) is 0 Å². The van der Waals surface area contributed by atoms with Gasteiger partial charge in [-0.1, -0.05) is 53.7 Å². The zero-order valence-corrected chi connectivity index (χ0v) is 11.4. The van der Waals surface area contributed by atoms with Gasteiger partial charge < -0.3 is 0 Å². The highest BCUT2D eigenvalue weighted by Crippen LogP contribution is 2.48. The zero-order valence-electron chi connectivity index (χ0n) is 11.4. The van der Waals surface area contributed by atoms with Gasteiger partial charge in [-0.2, -0.15) is 0 Å². The Hall–Kier alpha value is -0.260. The first kappa shape index (κ1) is 12.8. The SMILES string of the molecule is CCC(C)(C)/C=C/C1CCC(C)C1(C)C. The molecule has 1 saturated carbocycles. The third kappa shape index (κ3) is 2.86. The van der Waals surface area contributed by atoms with Crippen LogP contribution in [0.5, 0.6) is 0 Å². The summed E-state index contributed by atoms with van der Waals surface area (Å²) in [4.78, 5) is 0. The van der Waals surface area contributed by atoms with E-state index in [1.165, 1.54) is 19.3 Å². The van der Waals surface area contributed by atoms with Gasteiger partial charge in [-0.15, -0.1) is 0 Å². The van der Waals surface area contributed by atoms with Gasteiger partial charge in [0.25, 0.3) is 0 Å². The smallest absolute Gasteiger partial charge is 0.0177 e. The number of allylic oxidation sites excluding steroid dienone is 2. The molecule has 0 radical (unpaired) electrons. The molecule has 15 heavy (non-hydrogen) atoms. The van der Waals surface area contributed by atoms with Crippen LogP contribution in [0, 0.1) is 22.7 Å². The van der Waals surface area contributed by atoms with Crippen molar-refractivity contribution in [2.24, 2.45) is 22.7 Å². The predicted octanol–water partition coefficient (Wildman–Crippen LogP) is 5.05. The summed E-state index contributed by atoms with van der Waals surface area (Å²) in [5, 5.41) is 0. The zero-order chi connectivity index (χ0) is 11.7. The lowest BCUT2D eigenvalue weighted by Crippen LogP contribution is -2.22. The Morgan fingerprint density at radius 1 is 1.27 bits per heavy atom. The van der Waals surface area contributed by atoms with Gasteiger partial charge in [0.1, 0.15) is 0 Å². The standard InChI is InChI=1S/C15H28/c1-7-14(3,4)11-10-13-9-8-12(2)15(13,5)6/h10-13H,7-9H2,1-6H3/b11-10+. The Bertz CT molecular complexity index is 232. The summed E-state index contributed by atoms with van der Waals surface area (Å²) < 4.78 is 0. The molecule has 2 atom stereocenters. The van der Waals surface area contributed by atoms with Crippen molar-refractivity contribution < 1.29 is 0 Å². The molecule has 0 aromatic rings. The molecule has 88 valence electrons. The number of hydrogen-bond donors (Lipinski definition) is 0. The van der Waals surface area contributed by atoms with Crippen molar-refractivity contribution in [3.8, 4) is 0 Å². The van der Waals surface area contributed by atoms with Gasteiger partial charge in [-0.3, -0.25) is 0 Å². The average molecular weight is 208 g/mol. The lowest BCUT2D eigenvalue weighted by atomic mass is 9.75. The Kier molecular flexibility index (Phi) is 3.68. The number of rotatable bonds is 3. The van der Waals surface area contributed by atoms with E-state index >= 15 is 0 Å². The van der Waals surface area contributed by atoms with Gasteiger partial charge in [-0.05, 0) is 41.9 Å². The van der Waals surface area contributed by atoms with Crippen LogP contribution in [0.2, 0.25) is 0 Å². The van der Waals surface area contributed by atoms with Crippen molar-refractivity contribution >= 4 is 0 Å². The molecule has 0 aromatic heterocycles. The molecule has 0 amide bonds. The highest BCUT2D eigenvalue weighted by Gasteiger charge is 2.38. The van der Waals surface area contributed by atoms with Crippen LogP contribution in [0.1, 0.15) is 60.8 Å². The van der Waals surface area contributed by atoms with Crippen molar-refractivity contribution in [3.05, 3.63) is 12.2 Å². The Morgan fingerprint density at radius 3 is 2.27 bits per heavy atom. The van der Waals surface area contributed by atoms with Gasteiger partial charge in [0, 0.05) is 0 Å². The van der Waals surface area contributed by atoms with Gasteiger partial charge in [-0.25, -0.2) is 0 Å². The molecule has 0 aliphatic heterocycles. The second-order valence-electron chi connectivity index (χ2n) is 6.61. The summed E-state index contributed by atoms with van der Waals surface area (Å²) in [5.41, 5.74) is 0.877. The molecule has 2 unspecified atom stereocenters. The fourth-order valence-corrected chi connectivity index (χ4v) is 2.38. The topological polar surface area (TPSA) is 0 Å². The molecule has 1 aliphatic carbocycles. The van der Waals surface area contributed by atoms with Gasteiger partial charge >= 0.3 is 0 Å². The first-order chi connectivity index (χ1) is 6.79. The van der Waals surface area contributed by atoms with Crippen LogP contribution < -0.4 is 0 Å². The molecule has 1 aliphatic rings. The van der Waals surface area contributed by atoms with Crippen molar-refractivity contribution in [1.29, 1.82) is 0 Å². The maximum absolute atomic E-state index is 2.49. The van der Waals surface area contributed by atoms with Crippen LogP contribution >= 0.6 is 0 Å². The lowest BCUT2D eigenvalue weighted by Gasteiger charge is -2.30. The molecule has 1 fully saturated rings. The first-order valence-corrected chi connectivity index (χ1v) is 6.49. The summed E-state index contributed by atoms with van der Waals surface area (Å²) in [5.74, 6) is 1.66. The van der Waals surface area contributed by atoms with Crippen molar-refractivity contribution in [3.63, 3.8) is 0 Å². The fourth-order valence-electron chi connectivity index (χ4n) is 2.38. The second-order valence-corrected chi connectivity index (χ2v) is 6.61. The van der Waals surface area contributed by atoms with Gasteiger partial charge in [0.05, 0.1) is 0 Å². The minimum absolute atomic E-state index is 0.377. The average Bonchev–Trinajstić information content (AvgIpc) is 2.40. The van der Waals surface area contributed by atoms with Crippen LogP contribution in [0.25, 0.3) is 0 Å². The molecule has 0 bridgehead atoms. The minimum Gasteiger partial charge on any atom is -0.0843 e. The Balaban J connectivity index is 2.68. The molecule has 0 heterocycles. The Morgan fingerprint density at radius 2 is 1.87 bits per heavy atom. The van der Waals surface area contributed by atoms with Crippen LogP contribution in [-0.4, -0.2) is 0 Å². The first-order valence-electron chi connectivity index (χ1n) is 6.49. The molecule has 0 saturated heterocycles. The van der Waals surface area contributed by atoms with E-state index in [0.29, 0.717) is 10.8 Å². The summed E-state index contributed by atoms with van der Waals surface area (Å²) in [6, 6.07) is 0. The maximum Gasteiger partial charge on any atom is -0.0177 e. The van der Waals surface area contributed by atoms with Crippen LogP contribution in [0.3, 0.4) is 0 Å². The monoisotopic (exact) mass is 208 g/mol. The van der Waals surface area contributed by atoms with Crippen LogP contribution in [0.15, 0.2) is 12.2 Å². The maximum atomic E-state index is 2.49. The molecule has 0 heteroatoms. The quantitative estimate of drug-likeness (QED) is 0.569. The highest BCUT2D eigenvalue weighted by atomic mass is 14.4. The normalized spacial score (nSPS) is 31.3. The largest absolute Gasteiger partial charge is 0.0843 e. The molecule has 1 rings (SSSR count). The lowest BCUT2D eigenvalue weighted by molar-refractivity contribution is 0.231. The van der Waals surface area contributed by atoms with E-state index in [-0.39, 0.29) is 0 Å². The highest BCUT2D eigenvalue weighted by molar-refractivity contribution is 5.05. The Labute approximate surface area is 96.2 Å². The molecular formula is C15H28. The molecular weight excluding hydrogens is 180 g/mol. The van der Waals surface area contributed by atoms with Gasteiger partial charge in [0.15, 0.2) is 0 Å². The summed E-state index contributed by atoms with van der Waals surface area (Å²) in [6.07, 6.45) is 8.94. The third-order valence-electron chi connectivity index (χ3n) is 4.83. The van der Waals surface area contributed by atoms with E-state index in [1.807, 2.05) is 0 Å². The number of hydrogen-bond acceptors (Lipinski definition) is 0. The van der Waals surface area contributed by atoms with Crippen LogP contribution in [-0.2, 0) is 0 Å². The summed E-state index contributed by atoms with van der Waals surface area (Å²) in [7, 11) is 0. The van der Waals surface area contributed by atoms with Crippen LogP contribution in [0.4, 0.5) is 0 Å². The van der Waals surface area contributed by atoms with Crippen molar-refractivity contribution in [2.75, 3.05) is 0 Å². The van der Waals surface area contributed by atoms with E-state index in [4.69, 9.17) is 0 Å². The molecule has 0 aromatic carbocycles. The molecule has 0 nitrogen and oxygen atoms in total. The summed E-state index contributed by atoms with van der Waals surface area (Å²) >= 11 is 0.